The van der Waals surface area contributed by atoms with Crippen LogP contribution in [0.15, 0.2) is 29.3 Å². The molecule has 0 atom stereocenters. The number of benzene rings is 1. The number of aliphatic imine (C=N–C) groups is 1. The van der Waals surface area contributed by atoms with E-state index in [2.05, 4.69) is 4.99 Å². The summed E-state index contributed by atoms with van der Waals surface area (Å²) in [6.07, 6.45) is 0. The minimum atomic E-state index is -0.424. The number of nitrogens with zero attached hydrogens (tertiary/aromatic N) is 1. The van der Waals surface area contributed by atoms with Crippen LogP contribution in [0.2, 0.25) is 0 Å². The van der Waals surface area contributed by atoms with Gasteiger partial charge in [-0.15, -0.1) is 0 Å². The van der Waals surface area contributed by atoms with Crippen molar-refractivity contribution in [3.05, 3.63) is 29.8 Å². The normalized spacial score (nSPS) is 10.9. The first-order valence-electron chi connectivity index (χ1n) is 7.82. The number of esters is 2. The molecular weight excluding hydrogens is 314 g/mol. The van der Waals surface area contributed by atoms with Crippen molar-refractivity contribution in [3.8, 4) is 5.75 Å². The smallest absolute Gasteiger partial charge is 0.344 e. The molecule has 0 spiro atoms. The quantitative estimate of drug-likeness (QED) is 0.389. The first-order chi connectivity index (χ1) is 11.6. The highest BCUT2D eigenvalue weighted by molar-refractivity contribution is 5.95. The zero-order valence-corrected chi connectivity index (χ0v) is 14.2. The summed E-state index contributed by atoms with van der Waals surface area (Å²) in [6.45, 7) is 6.09. The fourth-order valence-electron chi connectivity index (χ4n) is 1.74. The molecule has 0 aliphatic carbocycles. The van der Waals surface area contributed by atoms with Crippen LogP contribution in [0.1, 0.15) is 26.3 Å². The molecule has 0 bridgehead atoms. The molecule has 0 N–H and O–H groups in total. The monoisotopic (exact) mass is 337 g/mol. The lowest BCUT2D eigenvalue weighted by molar-refractivity contribution is -0.145. The van der Waals surface area contributed by atoms with E-state index >= 15 is 0 Å². The predicted molar refractivity (Wildman–Crippen MR) is 88.2 cm³/mol. The second-order valence-corrected chi connectivity index (χ2v) is 4.48. The molecule has 132 valence electrons. The summed E-state index contributed by atoms with van der Waals surface area (Å²) in [5.74, 6) is 0.0345. The third kappa shape index (κ3) is 7.13. The van der Waals surface area contributed by atoms with Crippen molar-refractivity contribution in [1.82, 2.24) is 0 Å². The van der Waals surface area contributed by atoms with Gasteiger partial charge < -0.3 is 18.9 Å². The topological polar surface area (TPSA) is 83.4 Å². The summed E-state index contributed by atoms with van der Waals surface area (Å²) in [4.78, 5) is 26.8. The average Bonchev–Trinajstić information content (AvgIpc) is 2.58. The van der Waals surface area contributed by atoms with E-state index in [1.165, 1.54) is 0 Å². The first kappa shape index (κ1) is 19.5. The van der Waals surface area contributed by atoms with Crippen LogP contribution in [0, 0.1) is 0 Å². The van der Waals surface area contributed by atoms with Crippen LogP contribution < -0.4 is 4.74 Å². The SMILES string of the molecule is CCOC(=O)CN=C(OCC)c1ccc(OCC(=O)OCC)cc1. The maximum atomic E-state index is 11.4. The molecule has 1 aromatic rings. The molecule has 1 rings (SSSR count). The van der Waals surface area contributed by atoms with E-state index in [9.17, 15) is 9.59 Å². The van der Waals surface area contributed by atoms with Gasteiger partial charge in [0.1, 0.15) is 12.3 Å². The summed E-state index contributed by atoms with van der Waals surface area (Å²) in [5, 5.41) is 0. The van der Waals surface area contributed by atoms with Crippen molar-refractivity contribution >= 4 is 17.8 Å². The Labute approximate surface area is 141 Å². The summed E-state index contributed by atoms with van der Waals surface area (Å²) in [7, 11) is 0. The molecule has 1 aromatic carbocycles. The highest BCUT2D eigenvalue weighted by atomic mass is 16.6. The summed E-state index contributed by atoms with van der Waals surface area (Å²) >= 11 is 0. The Morgan fingerprint density at radius 3 is 2.04 bits per heavy atom. The zero-order valence-electron chi connectivity index (χ0n) is 14.2. The maximum Gasteiger partial charge on any atom is 0.344 e. The van der Waals surface area contributed by atoms with Gasteiger partial charge in [-0.1, -0.05) is 0 Å². The molecule has 0 saturated heterocycles. The minimum Gasteiger partial charge on any atom is -0.482 e. The number of rotatable bonds is 9. The number of carbonyl (C=O) groups is 2. The van der Waals surface area contributed by atoms with Crippen molar-refractivity contribution in [2.45, 2.75) is 20.8 Å². The van der Waals surface area contributed by atoms with Gasteiger partial charge in [-0.2, -0.15) is 0 Å². The van der Waals surface area contributed by atoms with Crippen molar-refractivity contribution in [3.63, 3.8) is 0 Å². The van der Waals surface area contributed by atoms with E-state index in [0.29, 0.717) is 37.0 Å². The summed E-state index contributed by atoms with van der Waals surface area (Å²) in [6, 6.07) is 6.85. The molecule has 0 saturated carbocycles. The van der Waals surface area contributed by atoms with Gasteiger partial charge in [0.2, 0.25) is 5.90 Å². The Kier molecular flexibility index (Phi) is 8.96. The van der Waals surface area contributed by atoms with Gasteiger partial charge in [0.15, 0.2) is 6.61 Å². The minimum absolute atomic E-state index is 0.107. The molecule has 0 amide bonds. The second-order valence-electron chi connectivity index (χ2n) is 4.48. The van der Waals surface area contributed by atoms with Crippen LogP contribution in [-0.4, -0.2) is 50.8 Å². The van der Waals surface area contributed by atoms with Crippen LogP contribution in [0.3, 0.4) is 0 Å². The molecule has 0 fully saturated rings. The highest BCUT2D eigenvalue weighted by Crippen LogP contribution is 2.13. The van der Waals surface area contributed by atoms with Gasteiger partial charge >= 0.3 is 11.9 Å². The van der Waals surface area contributed by atoms with Gasteiger partial charge in [-0.25, -0.2) is 9.79 Å². The molecule has 0 radical (unpaired) electrons. The average molecular weight is 337 g/mol. The third-order valence-electron chi connectivity index (χ3n) is 2.70. The predicted octanol–water partition coefficient (Wildman–Crippen LogP) is 1.97. The van der Waals surface area contributed by atoms with E-state index in [1.54, 1.807) is 38.1 Å². The molecule has 0 unspecified atom stereocenters. The molecular formula is C17H23NO6. The third-order valence-corrected chi connectivity index (χ3v) is 2.70. The Morgan fingerprint density at radius 1 is 0.875 bits per heavy atom. The molecule has 0 aliphatic rings. The Balaban J connectivity index is 2.70. The summed E-state index contributed by atoms with van der Waals surface area (Å²) in [5.41, 5.74) is 0.699. The fourth-order valence-corrected chi connectivity index (χ4v) is 1.74. The van der Waals surface area contributed by atoms with Crippen LogP contribution in [0.4, 0.5) is 0 Å². The summed E-state index contributed by atoms with van der Waals surface area (Å²) < 4.78 is 20.4. The number of ether oxygens (including phenoxy) is 4. The van der Waals surface area contributed by atoms with Crippen molar-refractivity contribution < 1.29 is 28.5 Å². The Hall–Kier alpha value is -2.57. The highest BCUT2D eigenvalue weighted by Gasteiger charge is 2.08. The van der Waals surface area contributed by atoms with Gasteiger partial charge in [-0.3, -0.25) is 4.79 Å². The van der Waals surface area contributed by atoms with Crippen molar-refractivity contribution in [2.24, 2.45) is 4.99 Å². The fraction of sp³-hybridized carbons (Fsp3) is 0.471. The van der Waals surface area contributed by atoms with Gasteiger partial charge in [0.05, 0.1) is 19.8 Å². The van der Waals surface area contributed by atoms with Crippen LogP contribution in [0.5, 0.6) is 5.75 Å². The maximum absolute atomic E-state index is 11.4. The molecule has 0 heterocycles. The standard InChI is InChI=1S/C17H23NO6/c1-4-21-15(19)11-18-17(23-6-3)13-7-9-14(10-8-13)24-12-16(20)22-5-2/h7-10H,4-6,11-12H2,1-3H3. The largest absolute Gasteiger partial charge is 0.482 e. The Bertz CT molecular complexity index is 553. The number of hydrogen-bond acceptors (Lipinski definition) is 7. The first-order valence-corrected chi connectivity index (χ1v) is 7.82. The zero-order chi connectivity index (χ0) is 17.8. The van der Waals surface area contributed by atoms with Gasteiger partial charge in [0, 0.05) is 5.56 Å². The van der Waals surface area contributed by atoms with E-state index < -0.39 is 11.9 Å². The number of hydrogen-bond donors (Lipinski definition) is 0. The lowest BCUT2D eigenvalue weighted by Crippen LogP contribution is -2.15. The number of carbonyl (C=O) groups excluding carboxylic acids is 2. The lowest BCUT2D eigenvalue weighted by Gasteiger charge is -2.09. The Morgan fingerprint density at radius 2 is 1.46 bits per heavy atom. The molecule has 7 heteroatoms. The van der Waals surface area contributed by atoms with E-state index in [-0.39, 0.29) is 13.2 Å². The lowest BCUT2D eigenvalue weighted by atomic mass is 10.2. The van der Waals surface area contributed by atoms with Crippen LogP contribution >= 0.6 is 0 Å². The van der Waals surface area contributed by atoms with Crippen molar-refractivity contribution in [2.75, 3.05) is 33.0 Å². The molecule has 24 heavy (non-hydrogen) atoms. The molecule has 0 aliphatic heterocycles. The van der Waals surface area contributed by atoms with E-state index in [4.69, 9.17) is 18.9 Å². The molecule has 7 nitrogen and oxygen atoms in total. The van der Waals surface area contributed by atoms with E-state index in [0.717, 1.165) is 0 Å². The van der Waals surface area contributed by atoms with Crippen LogP contribution in [0.25, 0.3) is 0 Å². The molecule has 0 aromatic heterocycles. The van der Waals surface area contributed by atoms with Crippen molar-refractivity contribution in [1.29, 1.82) is 0 Å². The van der Waals surface area contributed by atoms with Gasteiger partial charge in [0.25, 0.3) is 0 Å². The van der Waals surface area contributed by atoms with E-state index in [1.807, 2.05) is 6.92 Å². The van der Waals surface area contributed by atoms with Crippen LogP contribution in [-0.2, 0) is 23.8 Å². The second kappa shape index (κ2) is 11.0. The van der Waals surface area contributed by atoms with Gasteiger partial charge in [-0.05, 0) is 45.0 Å².